The van der Waals surface area contributed by atoms with Crippen molar-refractivity contribution in [2.45, 2.75) is 20.8 Å². The molecule has 104 valence electrons. The molecule has 0 atom stereocenters. The van der Waals surface area contributed by atoms with Crippen molar-refractivity contribution in [2.75, 3.05) is 18.4 Å². The fourth-order valence-corrected chi connectivity index (χ4v) is 1.92. The lowest BCUT2D eigenvalue weighted by atomic mass is 10.2. The van der Waals surface area contributed by atoms with E-state index in [4.69, 9.17) is 0 Å². The Morgan fingerprint density at radius 2 is 1.84 bits per heavy atom. The summed E-state index contributed by atoms with van der Waals surface area (Å²) in [5.74, 6) is 0.0715. The SMILES string of the molecule is CC(=O)N(CC(=O)Nc1ccc(Br)cc1)CC(C)C. The Morgan fingerprint density at radius 1 is 1.26 bits per heavy atom. The zero-order chi connectivity index (χ0) is 14.4. The third kappa shape index (κ3) is 5.87. The molecule has 1 rings (SSSR count). The van der Waals surface area contributed by atoms with Crippen molar-refractivity contribution < 1.29 is 9.59 Å². The molecule has 0 bridgehead atoms. The van der Waals surface area contributed by atoms with E-state index in [9.17, 15) is 9.59 Å². The van der Waals surface area contributed by atoms with Gasteiger partial charge in [0.1, 0.15) is 0 Å². The van der Waals surface area contributed by atoms with E-state index in [1.54, 1.807) is 4.90 Å². The molecule has 1 aromatic carbocycles. The lowest BCUT2D eigenvalue weighted by molar-refractivity contribution is -0.133. The van der Waals surface area contributed by atoms with E-state index in [0.29, 0.717) is 12.5 Å². The molecule has 0 saturated carbocycles. The Balaban J connectivity index is 2.57. The third-order valence-corrected chi connectivity index (χ3v) is 3.02. The molecule has 0 spiro atoms. The molecular formula is C14H19BrN2O2. The molecule has 5 heteroatoms. The van der Waals surface area contributed by atoms with Crippen molar-refractivity contribution in [3.05, 3.63) is 28.7 Å². The van der Waals surface area contributed by atoms with Crippen molar-refractivity contribution in [3.8, 4) is 0 Å². The Hall–Kier alpha value is -1.36. The van der Waals surface area contributed by atoms with Crippen LogP contribution in [0.3, 0.4) is 0 Å². The van der Waals surface area contributed by atoms with Gasteiger partial charge in [0.05, 0.1) is 6.54 Å². The van der Waals surface area contributed by atoms with Gasteiger partial charge in [0.25, 0.3) is 0 Å². The summed E-state index contributed by atoms with van der Waals surface area (Å²) in [6, 6.07) is 7.32. The summed E-state index contributed by atoms with van der Waals surface area (Å²) in [6.45, 7) is 6.19. The molecule has 1 aromatic rings. The number of carbonyl (C=O) groups excluding carboxylic acids is 2. The maximum Gasteiger partial charge on any atom is 0.243 e. The molecule has 0 heterocycles. The number of halogens is 1. The van der Waals surface area contributed by atoms with Crippen molar-refractivity contribution in [1.82, 2.24) is 4.90 Å². The van der Waals surface area contributed by atoms with Crippen molar-refractivity contribution in [2.24, 2.45) is 5.92 Å². The highest BCUT2D eigenvalue weighted by Gasteiger charge is 2.14. The third-order valence-electron chi connectivity index (χ3n) is 2.49. The minimum absolute atomic E-state index is 0.0837. The molecule has 2 amide bonds. The highest BCUT2D eigenvalue weighted by atomic mass is 79.9. The number of amides is 2. The first-order valence-electron chi connectivity index (χ1n) is 6.19. The number of anilines is 1. The van der Waals surface area contributed by atoms with Crippen LogP contribution in [0.5, 0.6) is 0 Å². The van der Waals surface area contributed by atoms with Crippen LogP contribution in [0.4, 0.5) is 5.69 Å². The molecular weight excluding hydrogens is 308 g/mol. The van der Waals surface area contributed by atoms with Gasteiger partial charge in [0.2, 0.25) is 11.8 Å². The van der Waals surface area contributed by atoms with E-state index in [1.165, 1.54) is 6.92 Å². The fourth-order valence-electron chi connectivity index (χ4n) is 1.65. The zero-order valence-electron chi connectivity index (χ0n) is 11.4. The Morgan fingerprint density at radius 3 is 2.32 bits per heavy atom. The smallest absolute Gasteiger partial charge is 0.243 e. The monoisotopic (exact) mass is 326 g/mol. The highest BCUT2D eigenvalue weighted by molar-refractivity contribution is 9.10. The number of carbonyl (C=O) groups is 2. The van der Waals surface area contributed by atoms with E-state index < -0.39 is 0 Å². The first kappa shape index (κ1) is 15.7. The van der Waals surface area contributed by atoms with E-state index in [0.717, 1.165) is 10.2 Å². The molecule has 0 aromatic heterocycles. The lowest BCUT2D eigenvalue weighted by Crippen LogP contribution is -2.38. The summed E-state index contributed by atoms with van der Waals surface area (Å²) in [5, 5.41) is 2.77. The van der Waals surface area contributed by atoms with Crippen LogP contribution < -0.4 is 5.32 Å². The van der Waals surface area contributed by atoms with Gasteiger partial charge in [0, 0.05) is 23.6 Å². The second-order valence-electron chi connectivity index (χ2n) is 4.85. The van der Waals surface area contributed by atoms with Crippen molar-refractivity contribution in [3.63, 3.8) is 0 Å². The maximum atomic E-state index is 11.9. The van der Waals surface area contributed by atoms with Crippen molar-refractivity contribution in [1.29, 1.82) is 0 Å². The van der Waals surface area contributed by atoms with Crippen LogP contribution in [0.15, 0.2) is 28.7 Å². The predicted octanol–water partition coefficient (Wildman–Crippen LogP) is 2.89. The van der Waals surface area contributed by atoms with Gasteiger partial charge < -0.3 is 10.2 Å². The van der Waals surface area contributed by atoms with Gasteiger partial charge >= 0.3 is 0 Å². The molecule has 0 radical (unpaired) electrons. The first-order valence-corrected chi connectivity index (χ1v) is 6.98. The highest BCUT2D eigenvalue weighted by Crippen LogP contribution is 2.14. The van der Waals surface area contributed by atoms with Crippen LogP contribution in [-0.2, 0) is 9.59 Å². The number of hydrogen-bond donors (Lipinski definition) is 1. The molecule has 0 fully saturated rings. The zero-order valence-corrected chi connectivity index (χ0v) is 13.0. The predicted molar refractivity (Wildman–Crippen MR) is 79.9 cm³/mol. The maximum absolute atomic E-state index is 11.9. The lowest BCUT2D eigenvalue weighted by Gasteiger charge is -2.22. The van der Waals surface area contributed by atoms with Crippen LogP contribution in [-0.4, -0.2) is 29.8 Å². The standard InChI is InChI=1S/C14H19BrN2O2/c1-10(2)8-17(11(3)18)9-14(19)16-13-6-4-12(15)5-7-13/h4-7,10H,8-9H2,1-3H3,(H,16,19). The van der Waals surface area contributed by atoms with Crippen LogP contribution >= 0.6 is 15.9 Å². The average molecular weight is 327 g/mol. The van der Waals surface area contributed by atoms with Gasteiger partial charge in [-0.2, -0.15) is 0 Å². The number of rotatable bonds is 5. The molecule has 4 nitrogen and oxygen atoms in total. The van der Waals surface area contributed by atoms with Gasteiger partial charge in [-0.1, -0.05) is 29.8 Å². The van der Waals surface area contributed by atoms with Crippen LogP contribution in [0.2, 0.25) is 0 Å². The van der Waals surface area contributed by atoms with Gasteiger partial charge in [-0.3, -0.25) is 9.59 Å². The normalized spacial score (nSPS) is 10.4. The summed E-state index contributed by atoms with van der Waals surface area (Å²) < 4.78 is 0.954. The molecule has 0 aliphatic carbocycles. The molecule has 0 aliphatic heterocycles. The molecule has 0 unspecified atom stereocenters. The second kappa shape index (κ2) is 7.28. The van der Waals surface area contributed by atoms with Gasteiger partial charge in [-0.05, 0) is 30.2 Å². The quantitative estimate of drug-likeness (QED) is 0.904. The van der Waals surface area contributed by atoms with E-state index in [1.807, 2.05) is 38.1 Å². The van der Waals surface area contributed by atoms with Gasteiger partial charge in [-0.25, -0.2) is 0 Å². The van der Waals surface area contributed by atoms with Crippen molar-refractivity contribution >= 4 is 33.4 Å². The summed E-state index contributed by atoms with van der Waals surface area (Å²) in [7, 11) is 0. The van der Waals surface area contributed by atoms with Crippen LogP contribution in [0.25, 0.3) is 0 Å². The summed E-state index contributed by atoms with van der Waals surface area (Å²) in [5.41, 5.74) is 0.723. The second-order valence-corrected chi connectivity index (χ2v) is 5.76. The summed E-state index contributed by atoms with van der Waals surface area (Å²) in [4.78, 5) is 24.9. The molecule has 19 heavy (non-hydrogen) atoms. The summed E-state index contributed by atoms with van der Waals surface area (Å²) in [6.07, 6.45) is 0. The number of benzene rings is 1. The minimum Gasteiger partial charge on any atom is -0.333 e. The van der Waals surface area contributed by atoms with E-state index in [-0.39, 0.29) is 18.4 Å². The largest absolute Gasteiger partial charge is 0.333 e. The summed E-state index contributed by atoms with van der Waals surface area (Å²) >= 11 is 3.33. The Kier molecular flexibility index (Phi) is 6.02. The van der Waals surface area contributed by atoms with Crippen LogP contribution in [0, 0.1) is 5.92 Å². The van der Waals surface area contributed by atoms with Gasteiger partial charge in [0.15, 0.2) is 0 Å². The topological polar surface area (TPSA) is 49.4 Å². The first-order chi connectivity index (χ1) is 8.88. The Labute approximate surface area is 122 Å². The van der Waals surface area contributed by atoms with Crippen LogP contribution in [0.1, 0.15) is 20.8 Å². The Bertz CT molecular complexity index is 443. The molecule has 0 saturated heterocycles. The number of hydrogen-bond acceptors (Lipinski definition) is 2. The fraction of sp³-hybridized carbons (Fsp3) is 0.429. The molecule has 1 N–H and O–H groups in total. The van der Waals surface area contributed by atoms with Gasteiger partial charge in [-0.15, -0.1) is 0 Å². The van der Waals surface area contributed by atoms with E-state index >= 15 is 0 Å². The molecule has 0 aliphatic rings. The average Bonchev–Trinajstić information content (AvgIpc) is 2.30. The van der Waals surface area contributed by atoms with E-state index in [2.05, 4.69) is 21.2 Å². The number of nitrogens with zero attached hydrogens (tertiary/aromatic N) is 1. The minimum atomic E-state index is -0.182. The number of nitrogens with one attached hydrogen (secondary N) is 1.